The van der Waals surface area contributed by atoms with Crippen molar-refractivity contribution < 1.29 is 14.3 Å². The molecule has 0 aliphatic heterocycles. The molecule has 0 aromatic heterocycles. The quantitative estimate of drug-likeness (QED) is 0.696. The predicted molar refractivity (Wildman–Crippen MR) is 105 cm³/mol. The van der Waals surface area contributed by atoms with Crippen LogP contribution in [0.15, 0.2) is 61.2 Å². The normalized spacial score (nSPS) is 12.7. The van der Waals surface area contributed by atoms with E-state index in [4.69, 9.17) is 16.3 Å². The van der Waals surface area contributed by atoms with Gasteiger partial charge in [-0.2, -0.15) is 0 Å². The molecule has 0 bridgehead atoms. The van der Waals surface area contributed by atoms with Crippen molar-refractivity contribution >= 4 is 23.6 Å². The molecule has 6 heteroatoms. The number of hydrogen-bond acceptors (Lipinski definition) is 3. The third kappa shape index (κ3) is 7.57. The number of nitrogens with one attached hydrogen (secondary N) is 2. The highest BCUT2D eigenvalue weighted by Gasteiger charge is 2.19. The minimum Gasteiger partial charge on any atom is -0.444 e. The second kappa shape index (κ2) is 9.82. The fourth-order valence-corrected chi connectivity index (χ4v) is 2.24. The minimum absolute atomic E-state index is 0.211. The van der Waals surface area contributed by atoms with Crippen molar-refractivity contribution in [3.8, 4) is 0 Å². The van der Waals surface area contributed by atoms with E-state index in [0.717, 1.165) is 11.1 Å². The monoisotopic (exact) mass is 376 g/mol. The summed E-state index contributed by atoms with van der Waals surface area (Å²) >= 11 is 5.93. The number of amides is 2. The van der Waals surface area contributed by atoms with E-state index in [-0.39, 0.29) is 12.5 Å². The van der Waals surface area contributed by atoms with Crippen LogP contribution in [0, 0.1) is 0 Å². The summed E-state index contributed by atoms with van der Waals surface area (Å²) in [5.74, 6) is -0.368. The number of hydrogen-bond donors (Lipinski definition) is 2. The Hall–Kier alpha value is -2.53. The van der Waals surface area contributed by atoms with Crippen LogP contribution in [0.2, 0.25) is 5.02 Å². The van der Waals surface area contributed by atoms with Gasteiger partial charge in [0.1, 0.15) is 12.1 Å². The van der Waals surface area contributed by atoms with Gasteiger partial charge in [0, 0.05) is 5.02 Å². The zero-order chi connectivity index (χ0) is 19.7. The summed E-state index contributed by atoms with van der Waals surface area (Å²) in [5, 5.41) is 5.90. The van der Waals surface area contributed by atoms with Crippen LogP contribution in [-0.2, 0) is 9.53 Å². The van der Waals surface area contributed by atoms with Gasteiger partial charge in [0.25, 0.3) is 0 Å². The van der Waals surface area contributed by atoms with Gasteiger partial charge in [-0.05, 0) is 44.0 Å². The van der Waals surface area contributed by atoms with Gasteiger partial charge in [-0.15, -0.1) is 0 Å². The third-order valence-electron chi connectivity index (χ3n) is 3.18. The number of allylic oxidation sites excluding steroid dienone is 2. The molecule has 140 valence electrons. The summed E-state index contributed by atoms with van der Waals surface area (Å²) in [4.78, 5) is 24.0. The lowest BCUT2D eigenvalue weighted by Gasteiger charge is -2.22. The summed E-state index contributed by atoms with van der Waals surface area (Å²) < 4.78 is 5.11. The molecule has 0 saturated heterocycles. The summed E-state index contributed by atoms with van der Waals surface area (Å²) in [6, 6.07) is 6.66. The number of carbonyl (C=O) groups is 2. The van der Waals surface area contributed by atoms with Crippen molar-refractivity contribution in [3.05, 3.63) is 71.8 Å². The molecular formula is C20H25ClN2O3. The molecule has 0 fully saturated rings. The number of carbonyl (C=O) groups excluding carboxylic acids is 2. The predicted octanol–water partition coefficient (Wildman–Crippen LogP) is 4.32. The van der Waals surface area contributed by atoms with Gasteiger partial charge in [0.2, 0.25) is 5.91 Å². The van der Waals surface area contributed by atoms with Crippen molar-refractivity contribution in [1.82, 2.24) is 10.6 Å². The number of alkyl carbamates (subject to hydrolysis) is 1. The van der Waals surface area contributed by atoms with E-state index >= 15 is 0 Å². The van der Waals surface area contributed by atoms with Crippen LogP contribution in [0.4, 0.5) is 4.79 Å². The first kappa shape index (κ1) is 21.5. The molecule has 2 N–H and O–H groups in total. The average molecular weight is 377 g/mol. The standard InChI is InChI=1S/C20H25ClN2O3/c1-6-8-14(7-2)18(15-9-11-16(21)12-10-15)23-17(24)13-22-19(25)26-20(3,4)5/h6-12,18H,1-2,13H2,3-5H3,(H,22,25)(H,23,24)/b14-8+. The van der Waals surface area contributed by atoms with Gasteiger partial charge in [0.15, 0.2) is 0 Å². The summed E-state index contributed by atoms with van der Waals surface area (Å²) in [5.41, 5.74) is 0.954. The van der Waals surface area contributed by atoms with E-state index in [9.17, 15) is 9.59 Å². The van der Waals surface area contributed by atoms with Gasteiger partial charge >= 0.3 is 6.09 Å². The van der Waals surface area contributed by atoms with Crippen molar-refractivity contribution in [2.24, 2.45) is 0 Å². The highest BCUT2D eigenvalue weighted by atomic mass is 35.5. The Morgan fingerprint density at radius 2 is 1.85 bits per heavy atom. The number of rotatable bonds is 7. The molecule has 1 atom stereocenters. The molecule has 26 heavy (non-hydrogen) atoms. The molecule has 1 aromatic carbocycles. The lowest BCUT2D eigenvalue weighted by molar-refractivity contribution is -0.120. The third-order valence-corrected chi connectivity index (χ3v) is 3.43. The maximum Gasteiger partial charge on any atom is 0.408 e. The molecule has 0 aliphatic rings. The van der Waals surface area contributed by atoms with E-state index < -0.39 is 17.7 Å². The molecule has 0 spiro atoms. The first-order valence-corrected chi connectivity index (χ1v) is 8.51. The molecule has 5 nitrogen and oxygen atoms in total. The zero-order valence-electron chi connectivity index (χ0n) is 15.3. The molecular weight excluding hydrogens is 352 g/mol. The molecule has 1 rings (SSSR count). The lowest BCUT2D eigenvalue weighted by atomic mass is 9.98. The first-order valence-electron chi connectivity index (χ1n) is 8.13. The lowest BCUT2D eigenvalue weighted by Crippen LogP contribution is -2.41. The second-order valence-electron chi connectivity index (χ2n) is 6.51. The Balaban J connectivity index is 2.85. The summed E-state index contributed by atoms with van der Waals surface area (Å²) in [6.07, 6.45) is 4.36. The zero-order valence-corrected chi connectivity index (χ0v) is 16.1. The smallest absolute Gasteiger partial charge is 0.408 e. The minimum atomic E-state index is -0.652. The first-order chi connectivity index (χ1) is 12.2. The second-order valence-corrected chi connectivity index (χ2v) is 6.95. The van der Waals surface area contributed by atoms with Crippen LogP contribution in [0.5, 0.6) is 0 Å². The number of halogens is 1. The maximum absolute atomic E-state index is 12.3. The Morgan fingerprint density at radius 3 is 2.35 bits per heavy atom. The molecule has 0 radical (unpaired) electrons. The van der Waals surface area contributed by atoms with Gasteiger partial charge in [0.05, 0.1) is 6.04 Å². The van der Waals surface area contributed by atoms with Crippen LogP contribution in [0.3, 0.4) is 0 Å². The topological polar surface area (TPSA) is 67.4 Å². The fourth-order valence-electron chi connectivity index (χ4n) is 2.11. The molecule has 0 aliphatic carbocycles. The molecule has 0 heterocycles. The largest absolute Gasteiger partial charge is 0.444 e. The summed E-state index contributed by atoms with van der Waals surface area (Å²) in [6.45, 7) is 12.5. The van der Waals surface area contributed by atoms with E-state index in [1.165, 1.54) is 0 Å². The summed E-state index contributed by atoms with van der Waals surface area (Å²) in [7, 11) is 0. The van der Waals surface area contributed by atoms with Crippen LogP contribution in [0.25, 0.3) is 0 Å². The highest BCUT2D eigenvalue weighted by Crippen LogP contribution is 2.24. The van der Waals surface area contributed by atoms with Crippen molar-refractivity contribution in [2.75, 3.05) is 6.54 Å². The van der Waals surface area contributed by atoms with Gasteiger partial charge in [-0.1, -0.05) is 55.1 Å². The van der Waals surface area contributed by atoms with Crippen LogP contribution >= 0.6 is 11.6 Å². The fraction of sp³-hybridized carbons (Fsp3) is 0.300. The molecule has 1 unspecified atom stereocenters. The SMILES string of the molecule is C=C/C=C(\C=C)C(NC(=O)CNC(=O)OC(C)(C)C)c1ccc(Cl)cc1. The van der Waals surface area contributed by atoms with Crippen molar-refractivity contribution in [2.45, 2.75) is 32.4 Å². The van der Waals surface area contributed by atoms with Gasteiger partial charge < -0.3 is 15.4 Å². The van der Waals surface area contributed by atoms with Crippen molar-refractivity contribution in [3.63, 3.8) is 0 Å². The van der Waals surface area contributed by atoms with Crippen molar-refractivity contribution in [1.29, 1.82) is 0 Å². The molecule has 2 amide bonds. The van der Waals surface area contributed by atoms with E-state index in [2.05, 4.69) is 23.8 Å². The van der Waals surface area contributed by atoms with Crippen LogP contribution in [-0.4, -0.2) is 24.1 Å². The Labute approximate surface area is 159 Å². The van der Waals surface area contributed by atoms with E-state index in [1.807, 2.05) is 12.1 Å². The Kier molecular flexibility index (Phi) is 8.13. The Morgan fingerprint density at radius 1 is 1.23 bits per heavy atom. The maximum atomic E-state index is 12.3. The Bertz CT molecular complexity index is 688. The molecule has 0 saturated carbocycles. The van der Waals surface area contributed by atoms with Crippen LogP contribution in [0.1, 0.15) is 32.4 Å². The number of benzene rings is 1. The van der Waals surface area contributed by atoms with E-state index in [1.54, 1.807) is 51.1 Å². The van der Waals surface area contributed by atoms with Crippen LogP contribution < -0.4 is 10.6 Å². The van der Waals surface area contributed by atoms with Gasteiger partial charge in [-0.3, -0.25) is 4.79 Å². The number of ether oxygens (including phenoxy) is 1. The highest BCUT2D eigenvalue weighted by molar-refractivity contribution is 6.30. The van der Waals surface area contributed by atoms with Gasteiger partial charge in [-0.25, -0.2) is 4.79 Å². The van der Waals surface area contributed by atoms with E-state index in [0.29, 0.717) is 5.02 Å². The average Bonchev–Trinajstić information content (AvgIpc) is 2.55. The molecule has 1 aromatic rings.